The Labute approximate surface area is 172 Å². The number of carboxylic acids is 1. The Bertz CT molecular complexity index is 918. The van der Waals surface area contributed by atoms with Gasteiger partial charge >= 0.3 is 17.8 Å². The number of guanidine groups is 1. The zero-order valence-corrected chi connectivity index (χ0v) is 16.6. The number of phenolic OH excluding ortho intramolecular Hbond substituents is 1. The Morgan fingerprint density at radius 2 is 1.87 bits per heavy atom. The molecule has 0 radical (unpaired) electrons. The van der Waals surface area contributed by atoms with Crippen LogP contribution < -0.4 is 15.2 Å². The number of carbonyl (C=O) groups excluding carboxylic acids is 3. The van der Waals surface area contributed by atoms with Gasteiger partial charge in [0.05, 0.1) is 26.4 Å². The predicted octanol–water partition coefficient (Wildman–Crippen LogP) is -2.91. The van der Waals surface area contributed by atoms with Gasteiger partial charge in [0.2, 0.25) is 6.04 Å². The molecule has 1 fully saturated rings. The number of aromatic hydroxyl groups is 1. The Hall–Kier alpha value is -3.89. The number of imide groups is 1. The number of nitrogens with zero attached hydrogens (tertiary/aromatic N) is 5. The average molecular weight is 418 g/mol. The van der Waals surface area contributed by atoms with Gasteiger partial charge in [0, 0.05) is 13.0 Å². The molecule has 12 heteroatoms. The number of aliphatic carboxylic acids is 1. The fourth-order valence-corrected chi connectivity index (χ4v) is 2.76. The van der Waals surface area contributed by atoms with Gasteiger partial charge in [0.25, 0.3) is 5.91 Å². The van der Waals surface area contributed by atoms with Gasteiger partial charge in [-0.15, -0.1) is 5.10 Å². The molecule has 1 aromatic rings. The highest BCUT2D eigenvalue weighted by Gasteiger charge is 2.54. The molecule has 0 aromatic heterocycles. The minimum atomic E-state index is -1.08. The van der Waals surface area contributed by atoms with Gasteiger partial charge in [0.1, 0.15) is 5.75 Å². The lowest BCUT2D eigenvalue weighted by molar-refractivity contribution is -0.302. The molecule has 0 saturated carbocycles. The lowest BCUT2D eigenvalue weighted by Crippen LogP contribution is -2.64. The summed E-state index contributed by atoms with van der Waals surface area (Å²) in [5.74, 6) is -0.800. The summed E-state index contributed by atoms with van der Waals surface area (Å²) in [5.41, 5.74) is 3.50. The number of hydrogen-bond acceptors (Lipinski definition) is 9. The zero-order chi connectivity index (χ0) is 22.4. The van der Waals surface area contributed by atoms with Crippen molar-refractivity contribution in [1.29, 1.82) is 0 Å². The maximum Gasteiger partial charge on any atom is 0.421 e. The first kappa shape index (κ1) is 22.4. The van der Waals surface area contributed by atoms with E-state index < -0.39 is 23.9 Å². The molecule has 2 aliphatic rings. The third-order valence-corrected chi connectivity index (χ3v) is 4.14. The quantitative estimate of drug-likeness (QED) is 0.266. The third kappa shape index (κ3) is 4.93. The summed E-state index contributed by atoms with van der Waals surface area (Å²) in [7, 11) is 2.94. The first-order valence-corrected chi connectivity index (χ1v) is 8.81. The number of amidine groups is 1. The van der Waals surface area contributed by atoms with E-state index in [0.29, 0.717) is 0 Å². The summed E-state index contributed by atoms with van der Waals surface area (Å²) in [5, 5.41) is 31.6. The lowest BCUT2D eigenvalue weighted by atomic mass is 10.1. The molecule has 0 spiro atoms. The van der Waals surface area contributed by atoms with Crippen molar-refractivity contribution in [3.05, 3.63) is 29.8 Å². The fraction of sp³-hybridized carbons (Fsp3) is 0.333. The van der Waals surface area contributed by atoms with Crippen LogP contribution in [0.1, 0.15) is 12.5 Å². The topological polar surface area (TPSA) is 163 Å². The van der Waals surface area contributed by atoms with Crippen LogP contribution in [0.2, 0.25) is 0 Å². The smallest absolute Gasteiger partial charge is 0.421 e. The number of nitrogens with one attached hydrogen (secondary N) is 1. The van der Waals surface area contributed by atoms with Crippen molar-refractivity contribution in [3.63, 3.8) is 0 Å². The van der Waals surface area contributed by atoms with E-state index in [1.807, 2.05) is 0 Å². The highest BCUT2D eigenvalue weighted by molar-refractivity contribution is 6.23. The number of fused-ring (bicyclic) bond motifs is 1. The summed E-state index contributed by atoms with van der Waals surface area (Å²) in [4.78, 5) is 37.3. The maximum absolute atomic E-state index is 12.5. The number of urea groups is 1. The van der Waals surface area contributed by atoms with Crippen LogP contribution in [0.25, 0.3) is 0 Å². The molecule has 3 N–H and O–H groups in total. The predicted molar refractivity (Wildman–Crippen MR) is 105 cm³/mol. The van der Waals surface area contributed by atoms with Crippen LogP contribution in [-0.2, 0) is 9.59 Å². The molecule has 2 aliphatic heterocycles. The molecule has 1 atom stereocenters. The van der Waals surface area contributed by atoms with Crippen LogP contribution in [0, 0.1) is 0 Å². The highest BCUT2D eigenvalue weighted by Crippen LogP contribution is 2.17. The van der Waals surface area contributed by atoms with E-state index in [4.69, 9.17) is 9.90 Å². The number of benzene rings is 1. The molecule has 1 aromatic carbocycles. The van der Waals surface area contributed by atoms with Crippen molar-refractivity contribution in [1.82, 2.24) is 24.8 Å². The second-order valence-corrected chi connectivity index (χ2v) is 6.31. The average Bonchev–Trinajstić information content (AvgIpc) is 3.05. The van der Waals surface area contributed by atoms with Gasteiger partial charge in [-0.3, -0.25) is 9.69 Å². The standard InChI is InChI=1S/C16H18N6O4.C2H4O2/c1-20-13-12(14(25)21(2)16(20)26)22(7-8-23)15(18-13)19-17-9-10-3-5-11(24)6-4-10;1-2(3)4/h3-6,9,12,23H,7-8H2,1-2H3,(H,17,24);1H3,(H,3,4). The number of aliphatic hydroxyl groups excluding tert-OH is 1. The van der Waals surface area contributed by atoms with Gasteiger partial charge in [-0.25, -0.2) is 19.3 Å². The molecule has 0 aliphatic carbocycles. The van der Waals surface area contributed by atoms with Crippen LogP contribution in [-0.4, -0.2) is 94.1 Å². The van der Waals surface area contributed by atoms with Gasteiger partial charge in [-0.05, 0) is 36.8 Å². The molecule has 30 heavy (non-hydrogen) atoms. The Morgan fingerprint density at radius 1 is 1.27 bits per heavy atom. The second kappa shape index (κ2) is 9.54. The van der Waals surface area contributed by atoms with E-state index in [1.165, 1.54) is 37.3 Å². The van der Waals surface area contributed by atoms with Crippen molar-refractivity contribution < 1.29 is 29.7 Å². The normalized spacial score (nSPS) is 18.0. The molecule has 1 saturated heterocycles. The van der Waals surface area contributed by atoms with Crippen molar-refractivity contribution in [3.8, 4) is 5.75 Å². The van der Waals surface area contributed by atoms with Crippen LogP contribution in [0.4, 0.5) is 4.79 Å². The molecular formula is C18H22N6O6. The number of phenols is 1. The largest absolute Gasteiger partial charge is 0.550 e. The van der Waals surface area contributed by atoms with Crippen molar-refractivity contribution in [2.45, 2.75) is 13.0 Å². The second-order valence-electron chi connectivity index (χ2n) is 6.31. The minimum absolute atomic E-state index is 0.149. The number of amides is 3. The first-order valence-electron chi connectivity index (χ1n) is 8.81. The van der Waals surface area contributed by atoms with E-state index in [0.717, 1.165) is 17.4 Å². The van der Waals surface area contributed by atoms with Crippen LogP contribution in [0.3, 0.4) is 0 Å². The van der Waals surface area contributed by atoms with Crippen LogP contribution in [0.5, 0.6) is 5.75 Å². The number of β-amino-alcohol motifs (C(OH)–C–C–N with tert-alkyl or cyclic N) is 1. The maximum atomic E-state index is 12.5. The number of hydrogen-bond donors (Lipinski definition) is 3. The fourth-order valence-electron chi connectivity index (χ4n) is 2.76. The number of carbonyl (C=O) groups is 3. The number of hydrazone groups is 1. The van der Waals surface area contributed by atoms with E-state index in [2.05, 4.69) is 15.2 Å². The SMILES string of the molecule is CC(=O)[O-].CN1C(=O)C2C(=[N+]=C(N/N=C/c3ccc(O)cc3)N2CCO)N(C)C1=O. The van der Waals surface area contributed by atoms with Crippen LogP contribution in [0.15, 0.2) is 29.4 Å². The minimum Gasteiger partial charge on any atom is -0.550 e. The lowest BCUT2D eigenvalue weighted by Gasteiger charge is -2.31. The molecule has 2 heterocycles. The van der Waals surface area contributed by atoms with E-state index >= 15 is 0 Å². The van der Waals surface area contributed by atoms with Gasteiger partial charge in [-0.1, -0.05) is 0 Å². The summed E-state index contributed by atoms with van der Waals surface area (Å²) in [6.07, 6.45) is 1.52. The van der Waals surface area contributed by atoms with Crippen molar-refractivity contribution >= 4 is 35.9 Å². The molecule has 1 unspecified atom stereocenters. The number of aliphatic hydroxyl groups is 1. The molecule has 160 valence electrons. The molecule has 3 rings (SSSR count). The Morgan fingerprint density at radius 3 is 2.43 bits per heavy atom. The van der Waals surface area contributed by atoms with Crippen LogP contribution >= 0.6 is 0 Å². The number of likely N-dealkylation sites (N-methyl/N-ethyl adjacent to an activating group) is 2. The number of rotatable bonds is 4. The zero-order valence-electron chi connectivity index (χ0n) is 16.6. The van der Waals surface area contributed by atoms with Gasteiger partial charge in [-0.2, -0.15) is 5.43 Å². The van der Waals surface area contributed by atoms with Crippen molar-refractivity contribution in [2.75, 3.05) is 27.2 Å². The molecule has 12 nitrogen and oxygen atoms in total. The van der Waals surface area contributed by atoms with Crippen molar-refractivity contribution in [2.24, 2.45) is 5.10 Å². The highest BCUT2D eigenvalue weighted by atomic mass is 16.4. The number of carboxylic acid groups (broad SMARTS) is 1. The monoisotopic (exact) mass is 418 g/mol. The summed E-state index contributed by atoms with van der Waals surface area (Å²) >= 11 is 0. The van der Waals surface area contributed by atoms with E-state index in [9.17, 15) is 19.8 Å². The first-order chi connectivity index (χ1) is 14.2. The summed E-state index contributed by atoms with van der Waals surface area (Å²) in [6.45, 7) is 0.928. The summed E-state index contributed by atoms with van der Waals surface area (Å²) < 4.78 is 4.31. The molecule has 3 amide bonds. The molecular weight excluding hydrogens is 396 g/mol. The third-order valence-electron chi connectivity index (χ3n) is 4.14. The van der Waals surface area contributed by atoms with E-state index in [1.54, 1.807) is 17.0 Å². The summed E-state index contributed by atoms with van der Waals surface area (Å²) in [6, 6.07) is 5.17. The Balaban J connectivity index is 0.000000735. The molecule has 0 bridgehead atoms. The Kier molecular flexibility index (Phi) is 7.13. The van der Waals surface area contributed by atoms with Gasteiger partial charge in [0.15, 0.2) is 0 Å². The van der Waals surface area contributed by atoms with Gasteiger partial charge < -0.3 is 20.1 Å². The van der Waals surface area contributed by atoms with E-state index in [-0.39, 0.29) is 30.7 Å².